The molecule has 1 aromatic rings. The van der Waals surface area contributed by atoms with Crippen LogP contribution >= 0.6 is 23.2 Å². The molecular formula is C11H13Cl2F3N2. The van der Waals surface area contributed by atoms with Gasteiger partial charge in [0.25, 0.3) is 0 Å². The van der Waals surface area contributed by atoms with Crippen molar-refractivity contribution in [3.63, 3.8) is 0 Å². The number of halogens is 5. The lowest BCUT2D eigenvalue weighted by molar-refractivity contribution is -0.137. The van der Waals surface area contributed by atoms with Crippen LogP contribution in [0.5, 0.6) is 0 Å². The van der Waals surface area contributed by atoms with Gasteiger partial charge in [0.2, 0.25) is 0 Å². The lowest BCUT2D eigenvalue weighted by atomic mass is 10.0. The maximum Gasteiger partial charge on any atom is 0.417 e. The number of hydrogen-bond acceptors (Lipinski definition) is 2. The van der Waals surface area contributed by atoms with Crippen molar-refractivity contribution in [2.24, 2.45) is 0 Å². The molecule has 0 amide bonds. The second-order valence-electron chi connectivity index (χ2n) is 4.23. The highest BCUT2D eigenvalue weighted by Crippen LogP contribution is 2.33. The molecule has 1 aromatic heterocycles. The Bertz CT molecular complexity index is 417. The van der Waals surface area contributed by atoms with Crippen LogP contribution in [0, 0.1) is 0 Å². The first-order chi connectivity index (χ1) is 8.22. The smallest absolute Gasteiger partial charge is 0.362 e. The number of anilines is 1. The van der Waals surface area contributed by atoms with E-state index in [2.05, 4.69) is 10.3 Å². The van der Waals surface area contributed by atoms with Gasteiger partial charge in [0.1, 0.15) is 5.82 Å². The van der Waals surface area contributed by atoms with Gasteiger partial charge in [-0.1, -0.05) is 18.5 Å². The van der Waals surface area contributed by atoms with Gasteiger partial charge in [0.05, 0.1) is 10.6 Å². The Morgan fingerprint density at radius 1 is 1.39 bits per heavy atom. The van der Waals surface area contributed by atoms with E-state index in [1.807, 2.05) is 13.8 Å². The Morgan fingerprint density at radius 3 is 2.39 bits per heavy atom. The highest BCUT2D eigenvalue weighted by Gasteiger charge is 2.32. The average Bonchev–Trinajstić information content (AvgIpc) is 2.30. The summed E-state index contributed by atoms with van der Waals surface area (Å²) in [6.45, 7) is 3.75. The molecule has 1 unspecified atom stereocenters. The molecule has 0 aliphatic heterocycles. The Hall–Kier alpha value is -0.680. The van der Waals surface area contributed by atoms with Gasteiger partial charge in [-0.05, 0) is 19.4 Å². The van der Waals surface area contributed by atoms with Crippen LogP contribution in [0.15, 0.2) is 12.3 Å². The summed E-state index contributed by atoms with van der Waals surface area (Å²) in [4.78, 5) is 3.70. The average molecular weight is 301 g/mol. The van der Waals surface area contributed by atoms with Gasteiger partial charge in [0, 0.05) is 17.6 Å². The first-order valence-electron chi connectivity index (χ1n) is 5.29. The second kappa shape index (κ2) is 5.53. The van der Waals surface area contributed by atoms with E-state index in [0.717, 1.165) is 12.3 Å². The predicted molar refractivity (Wildman–Crippen MR) is 67.3 cm³/mol. The molecule has 1 rings (SSSR count). The summed E-state index contributed by atoms with van der Waals surface area (Å²) in [5.41, 5.74) is -1.33. The van der Waals surface area contributed by atoms with Gasteiger partial charge < -0.3 is 5.32 Å². The maximum atomic E-state index is 12.4. The van der Waals surface area contributed by atoms with Crippen LogP contribution in [0.3, 0.4) is 0 Å². The monoisotopic (exact) mass is 300 g/mol. The summed E-state index contributed by atoms with van der Waals surface area (Å²) in [5.74, 6) is 0.498. The Balaban J connectivity index is 3.00. The standard InChI is InChI=1S/C11H13Cl2F3N2/c1-3-10(2,6-12)18-9-8(13)4-7(5-17-9)11(14,15)16/h4-5H,3,6H2,1-2H3,(H,17,18). The summed E-state index contributed by atoms with van der Waals surface area (Å²) < 4.78 is 37.3. The van der Waals surface area contributed by atoms with Crippen molar-refractivity contribution in [3.05, 3.63) is 22.8 Å². The van der Waals surface area contributed by atoms with E-state index in [-0.39, 0.29) is 10.8 Å². The van der Waals surface area contributed by atoms with Crippen LogP contribution < -0.4 is 5.32 Å². The minimum Gasteiger partial charge on any atom is -0.362 e. The normalized spacial score (nSPS) is 15.3. The van der Waals surface area contributed by atoms with Crippen LogP contribution in [0.2, 0.25) is 5.02 Å². The summed E-state index contributed by atoms with van der Waals surface area (Å²) in [5, 5.41) is 2.88. The quantitative estimate of drug-likeness (QED) is 0.824. The molecule has 0 bridgehead atoms. The fraction of sp³-hybridized carbons (Fsp3) is 0.545. The number of aromatic nitrogens is 1. The Labute approximate surface area is 113 Å². The van der Waals surface area contributed by atoms with Crippen LogP contribution in [0.1, 0.15) is 25.8 Å². The number of hydrogen-bond donors (Lipinski definition) is 1. The van der Waals surface area contributed by atoms with Crippen LogP contribution in [-0.2, 0) is 6.18 Å². The zero-order valence-corrected chi connectivity index (χ0v) is 11.4. The molecule has 0 saturated carbocycles. The van der Waals surface area contributed by atoms with Gasteiger partial charge in [-0.15, -0.1) is 11.6 Å². The maximum absolute atomic E-state index is 12.4. The first-order valence-corrected chi connectivity index (χ1v) is 6.20. The molecule has 1 heterocycles. The molecule has 0 aromatic carbocycles. The van der Waals surface area contributed by atoms with Gasteiger partial charge in [-0.2, -0.15) is 13.2 Å². The van der Waals surface area contributed by atoms with Gasteiger partial charge in [-0.3, -0.25) is 0 Å². The van der Waals surface area contributed by atoms with Crippen LogP contribution in [-0.4, -0.2) is 16.4 Å². The topological polar surface area (TPSA) is 24.9 Å². The highest BCUT2D eigenvalue weighted by molar-refractivity contribution is 6.33. The van der Waals surface area contributed by atoms with Crippen LogP contribution in [0.4, 0.5) is 19.0 Å². The molecule has 0 aliphatic carbocycles. The summed E-state index contributed by atoms with van der Waals surface area (Å²) in [7, 11) is 0. The Kier molecular flexibility index (Phi) is 4.72. The molecule has 1 N–H and O–H groups in total. The molecule has 2 nitrogen and oxygen atoms in total. The van der Waals surface area contributed by atoms with Crippen molar-refractivity contribution in [1.29, 1.82) is 0 Å². The van der Waals surface area contributed by atoms with E-state index < -0.39 is 17.3 Å². The lowest BCUT2D eigenvalue weighted by Crippen LogP contribution is -2.36. The molecule has 0 radical (unpaired) electrons. The van der Waals surface area contributed by atoms with Crippen molar-refractivity contribution >= 4 is 29.0 Å². The van der Waals surface area contributed by atoms with Gasteiger partial charge >= 0.3 is 6.18 Å². The molecule has 102 valence electrons. The number of alkyl halides is 4. The Morgan fingerprint density at radius 2 is 2.00 bits per heavy atom. The number of pyridine rings is 1. The summed E-state index contributed by atoms with van der Waals surface area (Å²) in [6, 6.07) is 0.848. The third-order valence-electron chi connectivity index (χ3n) is 2.66. The van der Waals surface area contributed by atoms with E-state index >= 15 is 0 Å². The fourth-order valence-electron chi connectivity index (χ4n) is 1.19. The van der Waals surface area contributed by atoms with E-state index in [0.29, 0.717) is 12.3 Å². The molecule has 0 fully saturated rings. The zero-order valence-electron chi connectivity index (χ0n) is 9.91. The van der Waals surface area contributed by atoms with E-state index in [9.17, 15) is 13.2 Å². The predicted octanol–water partition coefficient (Wildman–Crippen LogP) is 4.57. The second-order valence-corrected chi connectivity index (χ2v) is 4.90. The van der Waals surface area contributed by atoms with Crippen molar-refractivity contribution in [1.82, 2.24) is 4.98 Å². The van der Waals surface area contributed by atoms with E-state index in [4.69, 9.17) is 23.2 Å². The SMILES string of the molecule is CCC(C)(CCl)Nc1ncc(C(F)(F)F)cc1Cl. The molecule has 0 spiro atoms. The van der Waals surface area contributed by atoms with Gasteiger partial charge in [-0.25, -0.2) is 4.98 Å². The first kappa shape index (κ1) is 15.4. The van der Waals surface area contributed by atoms with E-state index in [1.165, 1.54) is 0 Å². The van der Waals surface area contributed by atoms with E-state index in [1.54, 1.807) is 0 Å². The number of nitrogens with one attached hydrogen (secondary N) is 1. The zero-order chi connectivity index (χ0) is 14.0. The lowest BCUT2D eigenvalue weighted by Gasteiger charge is -2.28. The minimum absolute atomic E-state index is 0.0744. The van der Waals surface area contributed by atoms with Crippen molar-refractivity contribution in [2.45, 2.75) is 32.0 Å². The summed E-state index contributed by atoms with van der Waals surface area (Å²) >= 11 is 11.6. The number of rotatable bonds is 4. The van der Waals surface area contributed by atoms with Crippen molar-refractivity contribution < 1.29 is 13.2 Å². The largest absolute Gasteiger partial charge is 0.417 e. The molecule has 18 heavy (non-hydrogen) atoms. The highest BCUT2D eigenvalue weighted by atomic mass is 35.5. The fourth-order valence-corrected chi connectivity index (χ4v) is 1.66. The van der Waals surface area contributed by atoms with Crippen molar-refractivity contribution in [3.8, 4) is 0 Å². The molecule has 1 atom stereocenters. The van der Waals surface area contributed by atoms with Gasteiger partial charge in [0.15, 0.2) is 0 Å². The number of nitrogens with zero attached hydrogens (tertiary/aromatic N) is 1. The molecule has 0 saturated heterocycles. The third kappa shape index (κ3) is 3.65. The van der Waals surface area contributed by atoms with Crippen LogP contribution in [0.25, 0.3) is 0 Å². The summed E-state index contributed by atoms with van der Waals surface area (Å²) in [6.07, 6.45) is -3.01. The third-order valence-corrected chi connectivity index (χ3v) is 3.54. The molecule has 7 heteroatoms. The minimum atomic E-state index is -4.45. The van der Waals surface area contributed by atoms with Crippen molar-refractivity contribution in [2.75, 3.05) is 11.2 Å². The molecule has 0 aliphatic rings. The molecular weight excluding hydrogens is 288 g/mol.